The van der Waals surface area contributed by atoms with Gasteiger partial charge in [-0.15, -0.1) is 0 Å². The lowest BCUT2D eigenvalue weighted by Gasteiger charge is -2.16. The maximum atomic E-state index is 12.6. The number of anilines is 2. The molecule has 0 fully saturated rings. The highest BCUT2D eigenvalue weighted by molar-refractivity contribution is 6.06. The van der Waals surface area contributed by atoms with Crippen LogP contribution in [0.5, 0.6) is 11.5 Å². The van der Waals surface area contributed by atoms with Crippen LogP contribution in [0.25, 0.3) is 17.1 Å². The van der Waals surface area contributed by atoms with E-state index in [9.17, 15) is 9.59 Å². The van der Waals surface area contributed by atoms with E-state index in [2.05, 4.69) is 15.3 Å². The number of fused-ring (bicyclic) bond motifs is 1. The van der Waals surface area contributed by atoms with Crippen molar-refractivity contribution in [3.8, 4) is 11.5 Å². The molecule has 32 heavy (non-hydrogen) atoms. The molecule has 0 saturated carbocycles. The van der Waals surface area contributed by atoms with Crippen LogP contribution in [0.2, 0.25) is 0 Å². The molecule has 3 rings (SSSR count). The molecule has 0 aliphatic rings. The first-order valence-corrected chi connectivity index (χ1v) is 9.92. The SMILES string of the molecule is CCOC(=O)c1cnc2nc(C=CC(=O)O)c(OCC)cc2c1Nc1ccc(OC)cc1. The van der Waals surface area contributed by atoms with Crippen LogP contribution < -0.4 is 14.8 Å². The lowest BCUT2D eigenvalue weighted by atomic mass is 10.1. The van der Waals surface area contributed by atoms with Crippen LogP contribution in [0.4, 0.5) is 11.4 Å². The molecule has 0 amide bonds. The topological polar surface area (TPSA) is 120 Å². The average Bonchev–Trinajstić information content (AvgIpc) is 2.78. The number of carboxylic acid groups (broad SMARTS) is 1. The number of carbonyl (C=O) groups is 2. The summed E-state index contributed by atoms with van der Waals surface area (Å²) in [5.41, 5.74) is 2.00. The van der Waals surface area contributed by atoms with E-state index in [1.54, 1.807) is 51.3 Å². The Hall–Kier alpha value is -4.14. The number of esters is 1. The molecule has 0 unspecified atom stereocenters. The number of pyridine rings is 2. The number of methoxy groups -OCH3 is 1. The number of hydrogen-bond donors (Lipinski definition) is 2. The second-order valence-electron chi connectivity index (χ2n) is 6.47. The molecule has 0 bridgehead atoms. The Balaban J connectivity index is 2.19. The van der Waals surface area contributed by atoms with Crippen molar-refractivity contribution in [2.45, 2.75) is 13.8 Å². The van der Waals surface area contributed by atoms with Crippen molar-refractivity contribution in [1.82, 2.24) is 9.97 Å². The molecule has 2 aromatic heterocycles. The fraction of sp³-hybridized carbons (Fsp3) is 0.217. The number of carbonyl (C=O) groups excluding carboxylic acids is 1. The summed E-state index contributed by atoms with van der Waals surface area (Å²) < 4.78 is 16.0. The second-order valence-corrected chi connectivity index (χ2v) is 6.47. The van der Waals surface area contributed by atoms with Crippen molar-refractivity contribution in [2.24, 2.45) is 0 Å². The van der Waals surface area contributed by atoms with Gasteiger partial charge < -0.3 is 24.6 Å². The predicted molar refractivity (Wildman–Crippen MR) is 120 cm³/mol. The zero-order chi connectivity index (χ0) is 23.1. The molecule has 0 aliphatic heterocycles. The number of benzene rings is 1. The van der Waals surface area contributed by atoms with Gasteiger partial charge in [-0.2, -0.15) is 0 Å². The van der Waals surface area contributed by atoms with E-state index in [-0.39, 0.29) is 12.2 Å². The van der Waals surface area contributed by atoms with Gasteiger partial charge in [-0.05, 0) is 50.3 Å². The summed E-state index contributed by atoms with van der Waals surface area (Å²) in [7, 11) is 1.58. The van der Waals surface area contributed by atoms with Gasteiger partial charge in [-0.25, -0.2) is 19.6 Å². The first-order chi connectivity index (χ1) is 15.5. The van der Waals surface area contributed by atoms with Crippen molar-refractivity contribution >= 4 is 40.4 Å². The van der Waals surface area contributed by atoms with Crippen molar-refractivity contribution in [2.75, 3.05) is 25.6 Å². The normalized spacial score (nSPS) is 10.8. The maximum absolute atomic E-state index is 12.6. The number of nitrogens with zero attached hydrogens (tertiary/aromatic N) is 2. The third-order valence-corrected chi connectivity index (χ3v) is 4.39. The summed E-state index contributed by atoms with van der Waals surface area (Å²) in [4.78, 5) is 32.3. The van der Waals surface area contributed by atoms with Crippen LogP contribution in [-0.2, 0) is 9.53 Å². The number of rotatable bonds is 9. The van der Waals surface area contributed by atoms with E-state index >= 15 is 0 Å². The summed E-state index contributed by atoms with van der Waals surface area (Å²) in [6, 6.07) is 8.86. The Morgan fingerprint density at radius 3 is 2.53 bits per heavy atom. The number of nitrogens with one attached hydrogen (secondary N) is 1. The molecule has 2 heterocycles. The van der Waals surface area contributed by atoms with Crippen LogP contribution in [0, 0.1) is 0 Å². The van der Waals surface area contributed by atoms with Gasteiger partial charge in [-0.1, -0.05) is 0 Å². The van der Waals surface area contributed by atoms with Crippen molar-refractivity contribution in [3.05, 3.63) is 53.9 Å². The largest absolute Gasteiger partial charge is 0.497 e. The van der Waals surface area contributed by atoms with Crippen molar-refractivity contribution in [3.63, 3.8) is 0 Å². The molecule has 3 aromatic rings. The molecular formula is C23H23N3O6. The summed E-state index contributed by atoms with van der Waals surface area (Å²) in [5, 5.41) is 12.7. The van der Waals surface area contributed by atoms with E-state index in [1.165, 1.54) is 12.3 Å². The number of ether oxygens (including phenoxy) is 3. The Morgan fingerprint density at radius 2 is 1.91 bits per heavy atom. The van der Waals surface area contributed by atoms with Crippen LogP contribution in [0.1, 0.15) is 29.9 Å². The quantitative estimate of drug-likeness (QED) is 0.377. The van der Waals surface area contributed by atoms with Gasteiger partial charge in [0.05, 0.1) is 26.0 Å². The Morgan fingerprint density at radius 1 is 1.16 bits per heavy atom. The monoisotopic (exact) mass is 437 g/mol. The Bertz CT molecular complexity index is 1160. The molecule has 0 spiro atoms. The van der Waals surface area contributed by atoms with E-state index < -0.39 is 11.9 Å². The lowest BCUT2D eigenvalue weighted by Crippen LogP contribution is -2.10. The summed E-state index contributed by atoms with van der Waals surface area (Å²) in [6.45, 7) is 4.07. The van der Waals surface area contributed by atoms with Crippen molar-refractivity contribution < 1.29 is 28.9 Å². The average molecular weight is 437 g/mol. The van der Waals surface area contributed by atoms with E-state index in [0.29, 0.717) is 46.2 Å². The smallest absolute Gasteiger partial charge is 0.341 e. The van der Waals surface area contributed by atoms with Crippen LogP contribution in [0.3, 0.4) is 0 Å². The minimum absolute atomic E-state index is 0.209. The van der Waals surface area contributed by atoms with Gasteiger partial charge in [-0.3, -0.25) is 0 Å². The van der Waals surface area contributed by atoms with Gasteiger partial charge in [0.1, 0.15) is 22.8 Å². The Kier molecular flexibility index (Phi) is 7.22. The summed E-state index contributed by atoms with van der Waals surface area (Å²) in [5.74, 6) is -0.596. The number of aliphatic carboxylic acids is 1. The molecule has 0 radical (unpaired) electrons. The molecule has 166 valence electrons. The van der Waals surface area contributed by atoms with Gasteiger partial charge in [0.15, 0.2) is 5.65 Å². The van der Waals surface area contributed by atoms with Crippen molar-refractivity contribution in [1.29, 1.82) is 0 Å². The minimum atomic E-state index is -1.11. The predicted octanol–water partition coefficient (Wildman–Crippen LogP) is 4.06. The van der Waals surface area contributed by atoms with E-state index in [4.69, 9.17) is 19.3 Å². The molecule has 2 N–H and O–H groups in total. The maximum Gasteiger partial charge on any atom is 0.341 e. The van der Waals surface area contributed by atoms with E-state index in [0.717, 1.165) is 6.08 Å². The standard InChI is InChI=1S/C23H23N3O6/c1-4-31-19-12-16-21(25-14-6-8-15(30-3)9-7-14)17(23(29)32-5-2)13-24-22(16)26-18(19)10-11-20(27)28/h6-13H,4-5H2,1-3H3,(H,27,28)(H,24,25,26). The Labute approximate surface area is 184 Å². The van der Waals surface area contributed by atoms with Gasteiger partial charge >= 0.3 is 11.9 Å². The lowest BCUT2D eigenvalue weighted by molar-refractivity contribution is -0.131. The fourth-order valence-electron chi connectivity index (χ4n) is 2.97. The fourth-order valence-corrected chi connectivity index (χ4v) is 2.97. The second kappa shape index (κ2) is 10.3. The van der Waals surface area contributed by atoms with Gasteiger partial charge in [0, 0.05) is 23.3 Å². The summed E-state index contributed by atoms with van der Waals surface area (Å²) in [6.07, 6.45) is 3.69. The van der Waals surface area contributed by atoms with Crippen LogP contribution in [-0.4, -0.2) is 47.3 Å². The molecule has 9 heteroatoms. The zero-order valence-electron chi connectivity index (χ0n) is 17.9. The molecular weight excluding hydrogens is 414 g/mol. The molecule has 0 saturated heterocycles. The molecule has 9 nitrogen and oxygen atoms in total. The highest BCUT2D eigenvalue weighted by atomic mass is 16.5. The highest BCUT2D eigenvalue weighted by Gasteiger charge is 2.19. The van der Waals surface area contributed by atoms with E-state index in [1.807, 2.05) is 0 Å². The first-order valence-electron chi connectivity index (χ1n) is 9.92. The minimum Gasteiger partial charge on any atom is -0.497 e. The van der Waals surface area contributed by atoms with Crippen LogP contribution in [0.15, 0.2) is 42.6 Å². The van der Waals surface area contributed by atoms with Crippen LogP contribution >= 0.6 is 0 Å². The summed E-state index contributed by atoms with van der Waals surface area (Å²) >= 11 is 0. The number of hydrogen-bond acceptors (Lipinski definition) is 8. The molecule has 0 atom stereocenters. The van der Waals surface area contributed by atoms with Gasteiger partial charge in [0.25, 0.3) is 0 Å². The highest BCUT2D eigenvalue weighted by Crippen LogP contribution is 2.33. The zero-order valence-corrected chi connectivity index (χ0v) is 17.9. The number of carboxylic acids is 1. The number of aromatic nitrogens is 2. The molecule has 0 aliphatic carbocycles. The third-order valence-electron chi connectivity index (χ3n) is 4.39. The van der Waals surface area contributed by atoms with Gasteiger partial charge in [0.2, 0.25) is 0 Å². The third kappa shape index (κ3) is 5.12. The molecule has 1 aromatic carbocycles. The first kappa shape index (κ1) is 22.5.